The Morgan fingerprint density at radius 2 is 1.83 bits per heavy atom. The van der Waals surface area contributed by atoms with Crippen LogP contribution in [0.5, 0.6) is 11.8 Å². The third kappa shape index (κ3) is 4.79. The van der Waals surface area contributed by atoms with Gasteiger partial charge in [0.25, 0.3) is 0 Å². The number of ether oxygens (including phenoxy) is 1. The molecular formula is C27H24N4O3S. The number of carbonyl (C=O) groups is 2. The van der Waals surface area contributed by atoms with Gasteiger partial charge in [0.05, 0.1) is 12.0 Å². The quantitative estimate of drug-likeness (QED) is 0.381. The van der Waals surface area contributed by atoms with Crippen molar-refractivity contribution in [3.63, 3.8) is 0 Å². The van der Waals surface area contributed by atoms with E-state index in [0.29, 0.717) is 11.4 Å². The van der Waals surface area contributed by atoms with Gasteiger partial charge in [-0.1, -0.05) is 23.8 Å². The standard InChI is InChI=1S/C27H24N4O3S/c1-17-6-8-19(9-7-17)31-24(32)16-21(25(31)23-5-3-14-35-23)26(33)30-22-11-10-20(15-18(22)2)34-27-28-12-4-13-29-27/h3-15,21,25H,16H2,1-2H3,(H,30,33). The van der Waals surface area contributed by atoms with Crippen molar-refractivity contribution in [3.8, 4) is 11.8 Å². The maximum atomic E-state index is 13.5. The van der Waals surface area contributed by atoms with E-state index in [1.165, 1.54) is 0 Å². The summed E-state index contributed by atoms with van der Waals surface area (Å²) < 4.78 is 5.69. The molecule has 1 fully saturated rings. The maximum Gasteiger partial charge on any atom is 0.321 e. The number of hydrogen-bond donors (Lipinski definition) is 1. The Morgan fingerprint density at radius 3 is 2.51 bits per heavy atom. The molecular weight excluding hydrogens is 460 g/mol. The molecule has 35 heavy (non-hydrogen) atoms. The summed E-state index contributed by atoms with van der Waals surface area (Å²) >= 11 is 1.55. The lowest BCUT2D eigenvalue weighted by Gasteiger charge is -2.27. The Kier molecular flexibility index (Phi) is 6.29. The summed E-state index contributed by atoms with van der Waals surface area (Å²) in [5.41, 5.74) is 3.42. The number of thiophene rings is 1. The summed E-state index contributed by atoms with van der Waals surface area (Å²) in [7, 11) is 0. The minimum atomic E-state index is -0.518. The van der Waals surface area contributed by atoms with Gasteiger partial charge < -0.3 is 15.0 Å². The molecule has 0 bridgehead atoms. The smallest absolute Gasteiger partial charge is 0.321 e. The topological polar surface area (TPSA) is 84.4 Å². The molecule has 2 aromatic heterocycles. The first-order valence-electron chi connectivity index (χ1n) is 11.3. The fraction of sp³-hybridized carbons (Fsp3) is 0.185. The van der Waals surface area contributed by atoms with Crippen LogP contribution < -0.4 is 15.0 Å². The number of hydrogen-bond acceptors (Lipinski definition) is 6. The third-order valence-electron chi connectivity index (χ3n) is 6.01. The summed E-state index contributed by atoms with van der Waals surface area (Å²) in [5.74, 6) is -0.189. The van der Waals surface area contributed by atoms with Crippen molar-refractivity contribution in [2.24, 2.45) is 5.92 Å². The molecule has 2 atom stereocenters. The van der Waals surface area contributed by atoms with Gasteiger partial charge in [-0.15, -0.1) is 11.3 Å². The number of benzene rings is 2. The summed E-state index contributed by atoms with van der Waals surface area (Å²) in [6.07, 6.45) is 3.36. The zero-order chi connectivity index (χ0) is 24.4. The Balaban J connectivity index is 1.38. The van der Waals surface area contributed by atoms with E-state index in [2.05, 4.69) is 15.3 Å². The number of nitrogens with one attached hydrogen (secondary N) is 1. The molecule has 0 saturated carbocycles. The first kappa shape index (κ1) is 22.7. The van der Waals surface area contributed by atoms with Gasteiger partial charge in [-0.05, 0) is 67.3 Å². The van der Waals surface area contributed by atoms with Crippen molar-refractivity contribution in [1.29, 1.82) is 0 Å². The molecule has 1 aliphatic heterocycles. The third-order valence-corrected chi connectivity index (χ3v) is 6.96. The molecule has 0 spiro atoms. The van der Waals surface area contributed by atoms with Gasteiger partial charge in [-0.25, -0.2) is 9.97 Å². The molecule has 176 valence electrons. The normalized spacial score (nSPS) is 17.4. The van der Waals surface area contributed by atoms with Crippen molar-refractivity contribution >= 4 is 34.5 Å². The van der Waals surface area contributed by atoms with Crippen LogP contribution in [0.1, 0.15) is 28.5 Å². The number of nitrogens with zero attached hydrogens (tertiary/aromatic N) is 3. The monoisotopic (exact) mass is 484 g/mol. The molecule has 0 aliphatic carbocycles. The van der Waals surface area contributed by atoms with E-state index in [1.807, 2.05) is 61.7 Å². The maximum absolute atomic E-state index is 13.5. The van der Waals surface area contributed by atoms with Crippen molar-refractivity contribution < 1.29 is 14.3 Å². The molecule has 1 aliphatic rings. The lowest BCUT2D eigenvalue weighted by Crippen LogP contribution is -2.32. The number of aromatic nitrogens is 2. The fourth-order valence-corrected chi connectivity index (χ4v) is 5.15. The van der Waals surface area contributed by atoms with Gasteiger partial charge >= 0.3 is 6.01 Å². The van der Waals surface area contributed by atoms with E-state index in [4.69, 9.17) is 4.74 Å². The number of aryl methyl sites for hydroxylation is 2. The molecule has 7 nitrogen and oxygen atoms in total. The highest BCUT2D eigenvalue weighted by Crippen LogP contribution is 2.43. The first-order valence-corrected chi connectivity index (χ1v) is 12.2. The Labute approximate surface area is 207 Å². The molecule has 1 N–H and O–H groups in total. The van der Waals surface area contributed by atoms with E-state index in [-0.39, 0.29) is 30.3 Å². The summed E-state index contributed by atoms with van der Waals surface area (Å²) in [6, 6.07) is 18.8. The number of rotatable bonds is 6. The van der Waals surface area contributed by atoms with Crippen molar-refractivity contribution in [1.82, 2.24) is 9.97 Å². The van der Waals surface area contributed by atoms with Gasteiger partial charge in [0, 0.05) is 35.1 Å². The van der Waals surface area contributed by atoms with E-state index in [9.17, 15) is 9.59 Å². The predicted molar refractivity (Wildman–Crippen MR) is 136 cm³/mol. The second kappa shape index (κ2) is 9.68. The van der Waals surface area contributed by atoms with Crippen LogP contribution in [0.2, 0.25) is 0 Å². The van der Waals surface area contributed by atoms with Gasteiger partial charge in [0.15, 0.2) is 0 Å². The number of amides is 2. The largest absolute Gasteiger partial charge is 0.424 e. The fourth-order valence-electron chi connectivity index (χ4n) is 4.27. The summed E-state index contributed by atoms with van der Waals surface area (Å²) in [6.45, 7) is 3.90. The Morgan fingerprint density at radius 1 is 1.06 bits per heavy atom. The average molecular weight is 485 g/mol. The highest BCUT2D eigenvalue weighted by molar-refractivity contribution is 7.10. The van der Waals surface area contributed by atoms with E-state index in [1.54, 1.807) is 46.8 Å². The van der Waals surface area contributed by atoms with Crippen molar-refractivity contribution in [2.45, 2.75) is 26.3 Å². The molecule has 8 heteroatoms. The lowest BCUT2D eigenvalue weighted by molar-refractivity contribution is -0.122. The van der Waals surface area contributed by atoms with Crippen LogP contribution in [0, 0.1) is 19.8 Å². The van der Waals surface area contributed by atoms with E-state index in [0.717, 1.165) is 21.7 Å². The molecule has 1 saturated heterocycles. The number of anilines is 2. The summed E-state index contributed by atoms with van der Waals surface area (Å²) in [4.78, 5) is 37.5. The van der Waals surface area contributed by atoms with Crippen LogP contribution in [-0.4, -0.2) is 21.8 Å². The average Bonchev–Trinajstić information content (AvgIpc) is 3.50. The van der Waals surface area contributed by atoms with E-state index >= 15 is 0 Å². The van der Waals surface area contributed by atoms with Crippen LogP contribution in [-0.2, 0) is 9.59 Å². The number of carbonyl (C=O) groups excluding carboxylic acids is 2. The minimum absolute atomic E-state index is 0.0595. The minimum Gasteiger partial charge on any atom is -0.424 e. The molecule has 4 aromatic rings. The van der Waals surface area contributed by atoms with Crippen LogP contribution in [0.4, 0.5) is 11.4 Å². The van der Waals surface area contributed by atoms with Crippen LogP contribution in [0.3, 0.4) is 0 Å². The van der Waals surface area contributed by atoms with E-state index < -0.39 is 5.92 Å². The second-order valence-corrected chi connectivity index (χ2v) is 9.45. The molecule has 2 amide bonds. The highest BCUT2D eigenvalue weighted by atomic mass is 32.1. The molecule has 0 radical (unpaired) electrons. The first-order chi connectivity index (χ1) is 17.0. The molecule has 2 aromatic carbocycles. The Hall–Kier alpha value is -4.04. The second-order valence-electron chi connectivity index (χ2n) is 8.47. The van der Waals surface area contributed by atoms with Crippen LogP contribution in [0.15, 0.2) is 78.4 Å². The predicted octanol–water partition coefficient (Wildman–Crippen LogP) is 5.68. The Bertz CT molecular complexity index is 1340. The highest BCUT2D eigenvalue weighted by Gasteiger charge is 2.45. The van der Waals surface area contributed by atoms with Gasteiger partial charge in [-0.3, -0.25) is 9.59 Å². The summed E-state index contributed by atoms with van der Waals surface area (Å²) in [5, 5.41) is 5.01. The van der Waals surface area contributed by atoms with Crippen LogP contribution >= 0.6 is 11.3 Å². The van der Waals surface area contributed by atoms with Gasteiger partial charge in [0.1, 0.15) is 5.75 Å². The molecule has 5 rings (SSSR count). The van der Waals surface area contributed by atoms with Crippen LogP contribution in [0.25, 0.3) is 0 Å². The SMILES string of the molecule is Cc1ccc(N2C(=O)CC(C(=O)Nc3ccc(Oc4ncccn4)cc3C)C2c2cccs2)cc1. The van der Waals surface area contributed by atoms with Gasteiger partial charge in [-0.2, -0.15) is 0 Å². The lowest BCUT2D eigenvalue weighted by atomic mass is 9.97. The molecule has 3 heterocycles. The zero-order valence-corrected chi connectivity index (χ0v) is 20.2. The van der Waals surface area contributed by atoms with Crippen molar-refractivity contribution in [2.75, 3.05) is 10.2 Å². The van der Waals surface area contributed by atoms with Crippen molar-refractivity contribution in [3.05, 3.63) is 94.4 Å². The molecule has 2 unspecified atom stereocenters. The zero-order valence-electron chi connectivity index (χ0n) is 19.3. The van der Waals surface area contributed by atoms with Gasteiger partial charge in [0.2, 0.25) is 11.8 Å².